The van der Waals surface area contributed by atoms with E-state index in [-0.39, 0.29) is 5.56 Å². The van der Waals surface area contributed by atoms with E-state index >= 15 is 0 Å². The molecule has 0 saturated carbocycles. The van der Waals surface area contributed by atoms with Crippen LogP contribution in [0.4, 0.5) is 13.2 Å². The lowest BCUT2D eigenvalue weighted by Crippen LogP contribution is -2.07. The topological polar surface area (TPSA) is 12.9 Å². The molecule has 2 aromatic carbocycles. The second kappa shape index (κ2) is 6.69. The number of hydrogen-bond acceptors (Lipinski definition) is 2. The Hall–Kier alpha value is -2.27. The van der Waals surface area contributed by atoms with E-state index in [2.05, 4.69) is 4.98 Å². The summed E-state index contributed by atoms with van der Waals surface area (Å²) in [5.41, 5.74) is 1.29. The van der Waals surface area contributed by atoms with Crippen molar-refractivity contribution in [2.24, 2.45) is 0 Å². The molecule has 0 aliphatic carbocycles. The summed E-state index contributed by atoms with van der Waals surface area (Å²) in [6, 6.07) is 18.6. The first-order valence-electron chi connectivity index (χ1n) is 7.27. The fraction of sp³-hybridized carbons (Fsp3) is 0.105. The number of halogens is 3. The van der Waals surface area contributed by atoms with Gasteiger partial charge in [0.15, 0.2) is 0 Å². The van der Waals surface area contributed by atoms with Crippen LogP contribution < -0.4 is 0 Å². The highest BCUT2D eigenvalue weighted by atomic mass is 32.2. The van der Waals surface area contributed by atoms with Crippen LogP contribution in [0.5, 0.6) is 0 Å². The third-order valence-electron chi connectivity index (χ3n) is 3.61. The van der Waals surface area contributed by atoms with E-state index in [1.54, 1.807) is 12.1 Å². The van der Waals surface area contributed by atoms with E-state index in [9.17, 15) is 13.2 Å². The zero-order chi connectivity index (χ0) is 17.2. The Bertz CT molecular complexity index is 845. The van der Waals surface area contributed by atoms with E-state index in [4.69, 9.17) is 0 Å². The minimum atomic E-state index is -4.42. The minimum absolute atomic E-state index is 0.0954. The van der Waals surface area contributed by atoms with E-state index < -0.39 is 11.7 Å². The maximum atomic E-state index is 13.3. The van der Waals surface area contributed by atoms with Crippen LogP contribution in [0.1, 0.15) is 5.56 Å². The highest BCUT2D eigenvalue weighted by Crippen LogP contribution is 2.38. The van der Waals surface area contributed by atoms with Crippen LogP contribution in [-0.4, -0.2) is 11.2 Å². The predicted octanol–water partition coefficient (Wildman–Crippen LogP) is 6.16. The molecule has 0 spiro atoms. The second-order valence-electron chi connectivity index (χ2n) is 5.19. The Morgan fingerprint density at radius 2 is 1.46 bits per heavy atom. The minimum Gasteiger partial charge on any atom is -0.248 e. The lowest BCUT2D eigenvalue weighted by atomic mass is 10.0. The van der Waals surface area contributed by atoms with Crippen molar-refractivity contribution in [2.45, 2.75) is 11.1 Å². The van der Waals surface area contributed by atoms with Crippen LogP contribution >= 0.6 is 11.8 Å². The highest BCUT2D eigenvalue weighted by molar-refractivity contribution is 7.98. The van der Waals surface area contributed by atoms with Gasteiger partial charge in [0.25, 0.3) is 0 Å². The molecule has 0 saturated heterocycles. The SMILES string of the molecule is CSc1cc(-c2ccccc2)nc(-c2ccccc2C(F)(F)F)c1. The van der Waals surface area contributed by atoms with Crippen LogP contribution in [0.2, 0.25) is 0 Å². The molecule has 0 unspecified atom stereocenters. The molecule has 3 rings (SSSR count). The Kier molecular flexibility index (Phi) is 4.62. The maximum Gasteiger partial charge on any atom is 0.417 e. The molecular formula is C19H14F3NS. The number of hydrogen-bond donors (Lipinski definition) is 0. The molecule has 0 fully saturated rings. The Balaban J connectivity index is 2.20. The van der Waals surface area contributed by atoms with Gasteiger partial charge in [-0.05, 0) is 24.5 Å². The van der Waals surface area contributed by atoms with Gasteiger partial charge >= 0.3 is 6.18 Å². The van der Waals surface area contributed by atoms with Gasteiger partial charge in [-0.1, -0.05) is 48.5 Å². The average molecular weight is 345 g/mol. The molecular weight excluding hydrogens is 331 g/mol. The molecule has 0 aliphatic heterocycles. The maximum absolute atomic E-state index is 13.3. The Labute approximate surface area is 142 Å². The number of pyridine rings is 1. The van der Waals surface area contributed by atoms with Gasteiger partial charge in [0.05, 0.1) is 17.0 Å². The van der Waals surface area contributed by atoms with Crippen LogP contribution in [0.15, 0.2) is 71.6 Å². The molecule has 0 radical (unpaired) electrons. The predicted molar refractivity (Wildman–Crippen MR) is 91.9 cm³/mol. The summed E-state index contributed by atoms with van der Waals surface area (Å²) in [5.74, 6) is 0. The van der Waals surface area contributed by atoms with Gasteiger partial charge in [0.2, 0.25) is 0 Å². The van der Waals surface area contributed by atoms with Crippen LogP contribution in [0.3, 0.4) is 0 Å². The van der Waals surface area contributed by atoms with Crippen molar-refractivity contribution in [1.82, 2.24) is 4.98 Å². The van der Waals surface area contributed by atoms with E-state index in [1.165, 1.54) is 23.9 Å². The first-order chi connectivity index (χ1) is 11.5. The number of rotatable bonds is 3. The van der Waals surface area contributed by atoms with Crippen molar-refractivity contribution in [3.05, 3.63) is 72.3 Å². The van der Waals surface area contributed by atoms with E-state index in [0.29, 0.717) is 11.4 Å². The molecule has 3 aromatic rings. The highest BCUT2D eigenvalue weighted by Gasteiger charge is 2.33. The summed E-state index contributed by atoms with van der Waals surface area (Å²) in [7, 11) is 0. The van der Waals surface area contributed by atoms with Gasteiger partial charge in [0.1, 0.15) is 0 Å². The van der Waals surface area contributed by atoms with Crippen LogP contribution in [0.25, 0.3) is 22.5 Å². The zero-order valence-corrected chi connectivity index (χ0v) is 13.7. The number of nitrogens with zero attached hydrogens (tertiary/aromatic N) is 1. The summed E-state index contributed by atoms with van der Waals surface area (Å²) < 4.78 is 39.9. The van der Waals surface area contributed by atoms with Gasteiger partial charge in [-0.15, -0.1) is 11.8 Å². The quantitative estimate of drug-likeness (QED) is 0.528. The van der Waals surface area contributed by atoms with Crippen molar-refractivity contribution >= 4 is 11.8 Å². The standard InChI is InChI=1S/C19H14F3NS/c1-24-14-11-17(13-7-3-2-4-8-13)23-18(12-14)15-9-5-6-10-16(15)19(20,21)22/h2-12H,1H3. The lowest BCUT2D eigenvalue weighted by Gasteiger charge is -2.14. The summed E-state index contributed by atoms with van der Waals surface area (Å²) in [6.07, 6.45) is -2.52. The molecule has 1 nitrogen and oxygen atoms in total. The van der Waals surface area contributed by atoms with E-state index in [1.807, 2.05) is 42.7 Å². The van der Waals surface area contributed by atoms with Gasteiger partial charge in [-0.25, -0.2) is 4.98 Å². The smallest absolute Gasteiger partial charge is 0.248 e. The molecule has 1 heterocycles. The molecule has 0 aliphatic rings. The third-order valence-corrected chi connectivity index (χ3v) is 4.32. The first-order valence-corrected chi connectivity index (χ1v) is 8.49. The van der Waals surface area contributed by atoms with Crippen molar-refractivity contribution < 1.29 is 13.2 Å². The number of alkyl halides is 3. The summed E-state index contributed by atoms with van der Waals surface area (Å²) in [6.45, 7) is 0. The van der Waals surface area contributed by atoms with Crippen molar-refractivity contribution in [2.75, 3.05) is 6.26 Å². The number of aromatic nitrogens is 1. The summed E-state index contributed by atoms with van der Waals surface area (Å²) in [4.78, 5) is 5.35. The normalized spacial score (nSPS) is 11.5. The largest absolute Gasteiger partial charge is 0.417 e. The summed E-state index contributed by atoms with van der Waals surface area (Å²) in [5, 5.41) is 0. The van der Waals surface area contributed by atoms with Crippen LogP contribution in [-0.2, 0) is 6.18 Å². The number of thioether (sulfide) groups is 1. The molecule has 122 valence electrons. The van der Waals surface area contributed by atoms with Gasteiger partial charge in [0, 0.05) is 16.0 Å². The van der Waals surface area contributed by atoms with Gasteiger partial charge in [-0.3, -0.25) is 0 Å². The Morgan fingerprint density at radius 1 is 0.833 bits per heavy atom. The summed E-state index contributed by atoms with van der Waals surface area (Å²) >= 11 is 1.48. The van der Waals surface area contributed by atoms with Gasteiger partial charge < -0.3 is 0 Å². The Morgan fingerprint density at radius 3 is 2.12 bits per heavy atom. The molecule has 5 heteroatoms. The lowest BCUT2D eigenvalue weighted by molar-refractivity contribution is -0.137. The fourth-order valence-electron chi connectivity index (χ4n) is 2.47. The van der Waals surface area contributed by atoms with Gasteiger partial charge in [-0.2, -0.15) is 13.2 Å². The fourth-order valence-corrected chi connectivity index (χ4v) is 2.93. The van der Waals surface area contributed by atoms with Crippen molar-refractivity contribution in [3.8, 4) is 22.5 Å². The second-order valence-corrected chi connectivity index (χ2v) is 6.07. The molecule has 0 atom stereocenters. The third kappa shape index (κ3) is 3.46. The molecule has 0 N–H and O–H groups in total. The van der Waals surface area contributed by atoms with Crippen LogP contribution in [0, 0.1) is 0 Å². The zero-order valence-electron chi connectivity index (χ0n) is 12.8. The first kappa shape index (κ1) is 16.6. The molecule has 0 bridgehead atoms. The number of benzene rings is 2. The van der Waals surface area contributed by atoms with E-state index in [0.717, 1.165) is 16.5 Å². The van der Waals surface area contributed by atoms with Crippen molar-refractivity contribution in [1.29, 1.82) is 0 Å². The molecule has 24 heavy (non-hydrogen) atoms. The molecule has 0 amide bonds. The van der Waals surface area contributed by atoms with Crippen molar-refractivity contribution in [3.63, 3.8) is 0 Å². The monoisotopic (exact) mass is 345 g/mol. The average Bonchev–Trinajstić information content (AvgIpc) is 2.61. The molecule has 1 aromatic heterocycles.